The molecule has 2 aromatic carbocycles. The van der Waals surface area contributed by atoms with Gasteiger partial charge in [-0.05, 0) is 35.2 Å². The Morgan fingerprint density at radius 3 is 2.31 bits per heavy atom. The number of aliphatic hydroxyl groups is 2. The Kier molecular flexibility index (Phi) is 2.82. The molecule has 0 fully saturated rings. The van der Waals surface area contributed by atoms with Gasteiger partial charge in [0.05, 0.1) is 17.2 Å². The van der Waals surface area contributed by atoms with Gasteiger partial charge in [0.2, 0.25) is 0 Å². The van der Waals surface area contributed by atoms with E-state index in [2.05, 4.69) is 0 Å². The first-order chi connectivity index (χ1) is 12.4. The molecule has 0 spiro atoms. The van der Waals surface area contributed by atoms with Crippen LogP contribution in [0, 0.1) is 0 Å². The molecular formula is C20H16O6. The average Bonchev–Trinajstić information content (AvgIpc) is 2.60. The minimum absolute atomic E-state index is 0.0347. The van der Waals surface area contributed by atoms with Crippen molar-refractivity contribution in [1.82, 2.24) is 0 Å². The first kappa shape index (κ1) is 15.5. The lowest BCUT2D eigenvalue weighted by molar-refractivity contribution is -0.106. The van der Waals surface area contributed by atoms with Crippen molar-refractivity contribution in [3.8, 4) is 22.6 Å². The Labute approximate surface area is 148 Å². The quantitative estimate of drug-likeness (QED) is 0.576. The van der Waals surface area contributed by atoms with Crippen LogP contribution in [0.4, 0.5) is 0 Å². The molecular weight excluding hydrogens is 336 g/mol. The lowest BCUT2D eigenvalue weighted by Crippen LogP contribution is -2.52. The summed E-state index contributed by atoms with van der Waals surface area (Å²) in [6.07, 6.45) is -1.25. The van der Waals surface area contributed by atoms with Crippen molar-refractivity contribution in [3.05, 3.63) is 46.5 Å². The van der Waals surface area contributed by atoms with Crippen molar-refractivity contribution in [1.29, 1.82) is 0 Å². The molecule has 0 amide bonds. The zero-order valence-corrected chi connectivity index (χ0v) is 13.7. The number of hydrogen-bond donors (Lipinski definition) is 4. The largest absolute Gasteiger partial charge is 0.507 e. The van der Waals surface area contributed by atoms with Crippen LogP contribution < -0.4 is 0 Å². The van der Waals surface area contributed by atoms with Crippen LogP contribution in [0.2, 0.25) is 0 Å². The van der Waals surface area contributed by atoms with Crippen molar-refractivity contribution in [2.45, 2.75) is 36.9 Å². The van der Waals surface area contributed by atoms with Crippen LogP contribution in [0.3, 0.4) is 0 Å². The Morgan fingerprint density at radius 2 is 1.58 bits per heavy atom. The van der Waals surface area contributed by atoms with Crippen LogP contribution in [0.5, 0.6) is 11.5 Å². The van der Waals surface area contributed by atoms with E-state index in [-0.39, 0.29) is 46.8 Å². The molecule has 0 unspecified atom stereocenters. The van der Waals surface area contributed by atoms with Gasteiger partial charge in [0.25, 0.3) is 0 Å². The van der Waals surface area contributed by atoms with Crippen LogP contribution in [0.15, 0.2) is 24.3 Å². The number of phenolic OH excluding ortho intramolecular Hbond substituents is 2. The molecule has 0 bridgehead atoms. The van der Waals surface area contributed by atoms with Gasteiger partial charge in [-0.15, -0.1) is 0 Å². The first-order valence-electron chi connectivity index (χ1n) is 8.55. The van der Waals surface area contributed by atoms with E-state index in [1.165, 1.54) is 12.1 Å². The van der Waals surface area contributed by atoms with E-state index >= 15 is 0 Å². The van der Waals surface area contributed by atoms with Crippen LogP contribution in [-0.2, 0) is 5.60 Å². The van der Waals surface area contributed by atoms with Gasteiger partial charge < -0.3 is 20.4 Å². The van der Waals surface area contributed by atoms with E-state index in [0.717, 1.165) is 0 Å². The number of benzene rings is 2. The Balaban J connectivity index is 1.98. The van der Waals surface area contributed by atoms with Crippen molar-refractivity contribution in [3.63, 3.8) is 0 Å². The van der Waals surface area contributed by atoms with Gasteiger partial charge in [-0.2, -0.15) is 0 Å². The second-order valence-electron chi connectivity index (χ2n) is 7.29. The molecule has 5 rings (SSSR count). The third kappa shape index (κ3) is 1.59. The standard InChI is InChI=1S/C20H16O6/c21-11-4-1-8-9-2-5-13(23)18-14(24)7-15(25)20(26,19(9)18)10-3-6-12(22)17(11)16(8)10/h1-2,4-5,10,15,21,23,25-26H,3,6-7H2/t10-,15+,20-/m1/s1. The number of aliphatic hydroxyl groups excluding tert-OH is 1. The van der Waals surface area contributed by atoms with Crippen molar-refractivity contribution >= 4 is 11.6 Å². The molecule has 0 aliphatic heterocycles. The molecule has 0 heterocycles. The summed E-state index contributed by atoms with van der Waals surface area (Å²) in [6, 6.07) is 6.04. The zero-order chi connectivity index (χ0) is 18.4. The summed E-state index contributed by atoms with van der Waals surface area (Å²) >= 11 is 0. The monoisotopic (exact) mass is 352 g/mol. The van der Waals surface area contributed by atoms with Gasteiger partial charge >= 0.3 is 0 Å². The molecule has 3 aliphatic rings. The van der Waals surface area contributed by atoms with Gasteiger partial charge in [0.1, 0.15) is 17.1 Å². The maximum Gasteiger partial charge on any atom is 0.169 e. The third-order valence-electron chi connectivity index (χ3n) is 6.08. The van der Waals surface area contributed by atoms with Crippen LogP contribution in [0.25, 0.3) is 11.1 Å². The Hall–Kier alpha value is -2.70. The Morgan fingerprint density at radius 1 is 0.923 bits per heavy atom. The highest BCUT2D eigenvalue weighted by molar-refractivity contribution is 6.07. The second kappa shape index (κ2) is 4.72. The van der Waals surface area contributed by atoms with E-state index in [1.807, 2.05) is 0 Å². The highest BCUT2D eigenvalue weighted by Crippen LogP contribution is 2.60. The van der Waals surface area contributed by atoms with E-state index in [0.29, 0.717) is 23.1 Å². The van der Waals surface area contributed by atoms with Crippen molar-refractivity contribution < 1.29 is 30.0 Å². The molecule has 4 N–H and O–H groups in total. The van der Waals surface area contributed by atoms with Crippen molar-refractivity contribution in [2.75, 3.05) is 0 Å². The number of ketones is 2. The summed E-state index contributed by atoms with van der Waals surface area (Å²) in [4.78, 5) is 24.9. The normalized spacial score (nSPS) is 28.5. The number of fused-ring (bicyclic) bond motifs is 2. The van der Waals surface area contributed by atoms with Gasteiger partial charge in [0.15, 0.2) is 11.6 Å². The van der Waals surface area contributed by atoms with Crippen molar-refractivity contribution in [2.24, 2.45) is 0 Å². The predicted octanol–water partition coefficient (Wildman–Crippen LogP) is 1.97. The molecule has 3 aliphatic carbocycles. The molecule has 3 atom stereocenters. The van der Waals surface area contributed by atoms with Gasteiger partial charge in [-0.3, -0.25) is 9.59 Å². The van der Waals surface area contributed by atoms with Gasteiger partial charge in [-0.25, -0.2) is 0 Å². The number of carbonyl (C=O) groups is 2. The minimum atomic E-state index is -1.80. The molecule has 0 radical (unpaired) electrons. The molecule has 132 valence electrons. The number of rotatable bonds is 0. The highest BCUT2D eigenvalue weighted by Gasteiger charge is 2.57. The number of aromatic hydroxyl groups is 2. The summed E-state index contributed by atoms with van der Waals surface area (Å²) in [6.45, 7) is 0. The minimum Gasteiger partial charge on any atom is -0.507 e. The topological polar surface area (TPSA) is 115 Å². The van der Waals surface area contributed by atoms with E-state index in [4.69, 9.17) is 0 Å². The van der Waals surface area contributed by atoms with E-state index in [9.17, 15) is 30.0 Å². The SMILES string of the molecule is O=C1CC[C@@H]2c3c(ccc(O)c31)-c1ccc(O)c3c1[C@]2(O)[C@@H](O)CC3=O. The predicted molar refractivity (Wildman–Crippen MR) is 90.4 cm³/mol. The maximum atomic E-state index is 12.5. The summed E-state index contributed by atoms with van der Waals surface area (Å²) in [5, 5.41) is 42.8. The summed E-state index contributed by atoms with van der Waals surface area (Å²) in [5.74, 6) is -1.65. The van der Waals surface area contributed by atoms with Gasteiger partial charge in [-0.1, -0.05) is 12.1 Å². The molecule has 2 aromatic rings. The fraction of sp³-hybridized carbons (Fsp3) is 0.300. The molecule has 26 heavy (non-hydrogen) atoms. The number of carbonyl (C=O) groups excluding carboxylic acids is 2. The zero-order valence-electron chi connectivity index (χ0n) is 13.7. The molecule has 6 heteroatoms. The lowest BCUT2D eigenvalue weighted by Gasteiger charge is -2.49. The molecule has 0 aromatic heterocycles. The Bertz CT molecular complexity index is 1020. The smallest absolute Gasteiger partial charge is 0.169 e. The van der Waals surface area contributed by atoms with Gasteiger partial charge in [0, 0.05) is 24.3 Å². The first-order valence-corrected chi connectivity index (χ1v) is 8.55. The van der Waals surface area contributed by atoms with E-state index in [1.54, 1.807) is 12.1 Å². The number of hydrogen-bond acceptors (Lipinski definition) is 6. The summed E-state index contributed by atoms with van der Waals surface area (Å²) in [7, 11) is 0. The average molecular weight is 352 g/mol. The van der Waals surface area contributed by atoms with Crippen LogP contribution >= 0.6 is 0 Å². The highest BCUT2D eigenvalue weighted by atomic mass is 16.3. The molecule has 0 saturated carbocycles. The number of phenols is 2. The summed E-state index contributed by atoms with van der Waals surface area (Å²) < 4.78 is 0. The molecule has 6 nitrogen and oxygen atoms in total. The molecule has 0 saturated heterocycles. The maximum absolute atomic E-state index is 12.5. The van der Waals surface area contributed by atoms with Crippen LogP contribution in [-0.4, -0.2) is 38.1 Å². The fourth-order valence-electron chi connectivity index (χ4n) is 5.00. The third-order valence-corrected chi connectivity index (χ3v) is 6.08. The van der Waals surface area contributed by atoms with E-state index < -0.39 is 23.4 Å². The second-order valence-corrected chi connectivity index (χ2v) is 7.29. The fourth-order valence-corrected chi connectivity index (χ4v) is 5.00. The van der Waals surface area contributed by atoms with Crippen LogP contribution in [0.1, 0.15) is 57.0 Å². The number of Topliss-reactive ketones (excluding diaryl/α,β-unsaturated/α-hetero) is 2. The lowest BCUT2D eigenvalue weighted by atomic mass is 9.57. The summed E-state index contributed by atoms with van der Waals surface area (Å²) in [5.41, 5.74) is 0.288.